The maximum absolute atomic E-state index is 8.68. The molecule has 0 aromatic carbocycles. The van der Waals surface area contributed by atoms with Gasteiger partial charge < -0.3 is 5.11 Å². The zero-order valence-electron chi connectivity index (χ0n) is 11.1. The molecule has 2 unspecified atom stereocenters. The van der Waals surface area contributed by atoms with Crippen LogP contribution in [0.15, 0.2) is 11.4 Å². The Labute approximate surface area is 114 Å². The van der Waals surface area contributed by atoms with E-state index in [0.29, 0.717) is 0 Å². The minimum Gasteiger partial charge on any atom is -0.384 e. The zero-order valence-corrected chi connectivity index (χ0v) is 12.0. The van der Waals surface area contributed by atoms with E-state index in [2.05, 4.69) is 42.0 Å². The quantitative estimate of drug-likeness (QED) is 0.829. The van der Waals surface area contributed by atoms with Crippen molar-refractivity contribution >= 4 is 11.3 Å². The summed E-state index contributed by atoms with van der Waals surface area (Å²) in [6.07, 6.45) is 1.36. The number of nitrogens with zero attached hydrogens (tertiary/aromatic N) is 1. The van der Waals surface area contributed by atoms with Crippen molar-refractivity contribution in [3.05, 3.63) is 21.9 Å². The standard InChI is InChI=1S/C15H21NOS/c1-12-6-13(2)9-16(8-12)10-15-7-14(11-18-15)4-3-5-17/h7,11-13,17H,5-6,8-10H2,1-2H3. The Morgan fingerprint density at radius 1 is 1.39 bits per heavy atom. The molecule has 0 aliphatic carbocycles. The van der Waals surface area contributed by atoms with Crippen LogP contribution in [-0.2, 0) is 6.54 Å². The van der Waals surface area contributed by atoms with E-state index in [1.54, 1.807) is 11.3 Å². The Kier molecular flexibility index (Phi) is 4.82. The van der Waals surface area contributed by atoms with Crippen molar-refractivity contribution in [1.82, 2.24) is 4.90 Å². The molecule has 1 aromatic heterocycles. The van der Waals surface area contributed by atoms with Crippen molar-refractivity contribution in [1.29, 1.82) is 0 Å². The molecule has 1 aliphatic rings. The van der Waals surface area contributed by atoms with E-state index in [1.165, 1.54) is 24.4 Å². The second-order valence-corrected chi connectivity index (χ2v) is 6.40. The summed E-state index contributed by atoms with van der Waals surface area (Å²) in [5.74, 6) is 7.27. The van der Waals surface area contributed by atoms with Crippen LogP contribution in [0, 0.1) is 23.7 Å². The number of rotatable bonds is 2. The first-order chi connectivity index (χ1) is 8.67. The van der Waals surface area contributed by atoms with Crippen LogP contribution in [0.1, 0.15) is 30.7 Å². The van der Waals surface area contributed by atoms with Crippen LogP contribution in [-0.4, -0.2) is 29.7 Å². The van der Waals surface area contributed by atoms with E-state index >= 15 is 0 Å². The first-order valence-corrected chi connectivity index (χ1v) is 7.45. The van der Waals surface area contributed by atoms with E-state index in [4.69, 9.17) is 5.11 Å². The van der Waals surface area contributed by atoms with Gasteiger partial charge in [-0.25, -0.2) is 0 Å². The average Bonchev–Trinajstić information content (AvgIpc) is 2.72. The van der Waals surface area contributed by atoms with Crippen LogP contribution in [0.25, 0.3) is 0 Å². The Hall–Kier alpha value is -0.820. The van der Waals surface area contributed by atoms with Gasteiger partial charge in [0.15, 0.2) is 0 Å². The lowest BCUT2D eigenvalue weighted by Crippen LogP contribution is -2.37. The maximum atomic E-state index is 8.68. The number of aliphatic hydroxyl groups excluding tert-OH is 1. The van der Waals surface area contributed by atoms with E-state index in [1.807, 2.05) is 0 Å². The molecule has 1 saturated heterocycles. The highest BCUT2D eigenvalue weighted by Crippen LogP contribution is 2.24. The van der Waals surface area contributed by atoms with Gasteiger partial charge in [0.2, 0.25) is 0 Å². The molecule has 2 nitrogen and oxygen atoms in total. The summed E-state index contributed by atoms with van der Waals surface area (Å²) in [5.41, 5.74) is 1.03. The number of aliphatic hydroxyl groups is 1. The fourth-order valence-electron chi connectivity index (χ4n) is 2.81. The number of hydrogen-bond donors (Lipinski definition) is 1. The first kappa shape index (κ1) is 13.6. The predicted octanol–water partition coefficient (Wildman–Crippen LogP) is 2.57. The molecule has 0 amide bonds. The summed E-state index contributed by atoms with van der Waals surface area (Å²) in [5, 5.41) is 10.8. The summed E-state index contributed by atoms with van der Waals surface area (Å²) < 4.78 is 0. The number of piperidine rings is 1. The lowest BCUT2D eigenvalue weighted by atomic mass is 9.92. The largest absolute Gasteiger partial charge is 0.384 e. The smallest absolute Gasteiger partial charge is 0.104 e. The van der Waals surface area contributed by atoms with Gasteiger partial charge in [-0.1, -0.05) is 25.7 Å². The molecule has 2 atom stereocenters. The minimum atomic E-state index is -0.0632. The topological polar surface area (TPSA) is 23.5 Å². The van der Waals surface area contributed by atoms with Gasteiger partial charge in [0.1, 0.15) is 6.61 Å². The number of hydrogen-bond acceptors (Lipinski definition) is 3. The Bertz CT molecular complexity index is 433. The normalized spacial score (nSPS) is 24.6. The average molecular weight is 263 g/mol. The molecule has 1 aromatic rings. The molecular weight excluding hydrogens is 242 g/mol. The first-order valence-electron chi connectivity index (χ1n) is 6.57. The second-order valence-electron chi connectivity index (χ2n) is 5.40. The molecule has 2 heterocycles. The summed E-state index contributed by atoms with van der Waals surface area (Å²) in [7, 11) is 0. The second kappa shape index (κ2) is 6.38. The molecule has 98 valence electrons. The lowest BCUT2D eigenvalue weighted by Gasteiger charge is -2.34. The number of thiophene rings is 1. The van der Waals surface area contributed by atoms with Gasteiger partial charge in [-0.05, 0) is 24.3 Å². The van der Waals surface area contributed by atoms with E-state index in [0.717, 1.165) is 23.9 Å². The van der Waals surface area contributed by atoms with E-state index in [-0.39, 0.29) is 6.61 Å². The van der Waals surface area contributed by atoms with Gasteiger partial charge in [-0.3, -0.25) is 4.90 Å². The predicted molar refractivity (Wildman–Crippen MR) is 76.5 cm³/mol. The van der Waals surface area contributed by atoms with Gasteiger partial charge in [-0.15, -0.1) is 11.3 Å². The molecule has 1 fully saturated rings. The third kappa shape index (κ3) is 3.84. The van der Waals surface area contributed by atoms with Crippen molar-refractivity contribution < 1.29 is 5.11 Å². The fourth-order valence-corrected chi connectivity index (χ4v) is 3.67. The molecule has 2 rings (SSSR count). The molecule has 18 heavy (non-hydrogen) atoms. The van der Waals surface area contributed by atoms with Gasteiger partial charge >= 0.3 is 0 Å². The van der Waals surface area contributed by atoms with Crippen molar-refractivity contribution in [3.63, 3.8) is 0 Å². The Balaban J connectivity index is 1.94. The van der Waals surface area contributed by atoms with Gasteiger partial charge in [0.25, 0.3) is 0 Å². The van der Waals surface area contributed by atoms with Crippen LogP contribution in [0.2, 0.25) is 0 Å². The molecule has 1 N–H and O–H groups in total. The summed E-state index contributed by atoms with van der Waals surface area (Å²) in [4.78, 5) is 3.92. The zero-order chi connectivity index (χ0) is 13.0. The minimum absolute atomic E-state index is 0.0632. The van der Waals surface area contributed by atoms with Crippen molar-refractivity contribution in [2.45, 2.75) is 26.8 Å². The highest BCUT2D eigenvalue weighted by molar-refractivity contribution is 7.10. The lowest BCUT2D eigenvalue weighted by molar-refractivity contribution is 0.135. The fraction of sp³-hybridized carbons (Fsp3) is 0.600. The highest BCUT2D eigenvalue weighted by atomic mass is 32.1. The van der Waals surface area contributed by atoms with E-state index in [9.17, 15) is 0 Å². The molecule has 0 radical (unpaired) electrons. The number of likely N-dealkylation sites (tertiary alicyclic amines) is 1. The summed E-state index contributed by atoms with van der Waals surface area (Å²) >= 11 is 1.77. The van der Waals surface area contributed by atoms with Crippen molar-refractivity contribution in [2.75, 3.05) is 19.7 Å². The molecule has 0 spiro atoms. The van der Waals surface area contributed by atoms with Crippen LogP contribution < -0.4 is 0 Å². The Morgan fingerprint density at radius 3 is 2.78 bits per heavy atom. The molecule has 1 aliphatic heterocycles. The SMILES string of the molecule is CC1CC(C)CN(Cc2cc(C#CCO)cs2)C1. The Morgan fingerprint density at radius 2 is 2.11 bits per heavy atom. The third-order valence-electron chi connectivity index (χ3n) is 3.29. The summed E-state index contributed by atoms with van der Waals surface area (Å²) in [6.45, 7) is 8.08. The molecular formula is C15H21NOS. The highest BCUT2D eigenvalue weighted by Gasteiger charge is 2.21. The van der Waals surface area contributed by atoms with Crippen LogP contribution in [0.4, 0.5) is 0 Å². The molecule has 0 saturated carbocycles. The van der Waals surface area contributed by atoms with Crippen LogP contribution >= 0.6 is 11.3 Å². The molecule has 0 bridgehead atoms. The van der Waals surface area contributed by atoms with Gasteiger partial charge in [-0.2, -0.15) is 0 Å². The monoisotopic (exact) mass is 263 g/mol. The third-order valence-corrected chi connectivity index (χ3v) is 4.21. The maximum Gasteiger partial charge on any atom is 0.104 e. The van der Waals surface area contributed by atoms with Gasteiger partial charge in [0, 0.05) is 35.5 Å². The van der Waals surface area contributed by atoms with Gasteiger partial charge in [0.05, 0.1) is 0 Å². The van der Waals surface area contributed by atoms with Crippen molar-refractivity contribution in [2.24, 2.45) is 11.8 Å². The van der Waals surface area contributed by atoms with Crippen LogP contribution in [0.3, 0.4) is 0 Å². The van der Waals surface area contributed by atoms with Crippen molar-refractivity contribution in [3.8, 4) is 11.8 Å². The molecule has 3 heteroatoms. The summed E-state index contributed by atoms with van der Waals surface area (Å²) in [6, 6.07) is 2.15. The van der Waals surface area contributed by atoms with Crippen LogP contribution in [0.5, 0.6) is 0 Å². The van der Waals surface area contributed by atoms with E-state index < -0.39 is 0 Å².